The van der Waals surface area contributed by atoms with Gasteiger partial charge in [0.2, 0.25) is 0 Å². The number of alkyl halides is 6. The van der Waals surface area contributed by atoms with Gasteiger partial charge in [0.15, 0.2) is 11.2 Å². The van der Waals surface area contributed by atoms with Gasteiger partial charge in [0.25, 0.3) is 23.6 Å². The molecule has 0 bridgehead atoms. The van der Waals surface area contributed by atoms with Crippen LogP contribution in [0.5, 0.6) is 11.5 Å². The van der Waals surface area contributed by atoms with Crippen LogP contribution in [0.2, 0.25) is 0 Å². The highest BCUT2D eigenvalue weighted by Gasteiger charge is 2.48. The molecule has 5 aromatic rings. The minimum atomic E-state index is -4.87. The minimum absolute atomic E-state index is 0.0178. The van der Waals surface area contributed by atoms with Crippen LogP contribution in [0, 0.1) is 0 Å². The fraction of sp³-hybridized carbons (Fsp3) is 0.453. The van der Waals surface area contributed by atoms with Gasteiger partial charge in [-0.1, -0.05) is 117 Å². The van der Waals surface area contributed by atoms with Crippen molar-refractivity contribution in [1.82, 2.24) is 15.1 Å². The van der Waals surface area contributed by atoms with E-state index in [1.807, 2.05) is 91.0 Å². The molecule has 84 heavy (non-hydrogen) atoms. The number of nitrogens with zero attached hydrogens (tertiary/aromatic N) is 4. The van der Waals surface area contributed by atoms with E-state index in [2.05, 4.69) is 5.32 Å². The van der Waals surface area contributed by atoms with Gasteiger partial charge in [-0.25, -0.2) is 4.79 Å². The summed E-state index contributed by atoms with van der Waals surface area (Å²) in [7, 11) is 0. The molecular weight excluding hydrogens is 1090 g/mol. The molecule has 0 radical (unpaired) electrons. The topological polar surface area (TPSA) is 164 Å². The standard InChI is InChI=1S/C36H40F3N3O5.C28H34F3N3O3/c1-4-41(29-18-12-11-17-26(29)25-15-9-6-10-16-25)32(43)27-21-30-31(22-28(27)36(37,38)39)47-35(2,3)33(44)42(30)20-19-40-34(45)46-23-24-13-7-5-8-14-24;1-4-33(22-13-9-8-12-19(22)18-10-6-5-7-11-18)25(35)20-16-23-24(17-21(20)28(29,30)31)37-27(2,3)26(36)34(23)15-14-32/h5-10,13-16,21-22,26,29H,4,11-12,17-20,23H2,1-3H3,(H,40,45);5-7,10-11,16-17,19,22H,4,8-9,12-15,32H2,1-3H3/t26-,29+;19-,22+/m11/s1. The Morgan fingerprint density at radius 2 is 1.00 bits per heavy atom. The second-order valence-electron chi connectivity index (χ2n) is 22.6. The monoisotopic (exact) mass is 1170 g/mol. The van der Waals surface area contributed by atoms with Crippen LogP contribution in [0.25, 0.3) is 0 Å². The number of ether oxygens (including phenoxy) is 3. The number of nitrogens with two attached hydrogens (primary N) is 1. The van der Waals surface area contributed by atoms with Crippen molar-refractivity contribution in [3.63, 3.8) is 0 Å². The van der Waals surface area contributed by atoms with Crippen molar-refractivity contribution in [2.45, 2.75) is 147 Å². The number of fused-ring (bicyclic) bond motifs is 2. The number of hydrogen-bond acceptors (Lipinski definition) is 9. The van der Waals surface area contributed by atoms with E-state index in [1.165, 1.54) is 42.4 Å². The van der Waals surface area contributed by atoms with Crippen LogP contribution in [0.3, 0.4) is 0 Å². The van der Waals surface area contributed by atoms with Gasteiger partial charge in [0, 0.05) is 63.2 Å². The lowest BCUT2D eigenvalue weighted by Crippen LogP contribution is -2.54. The Morgan fingerprint density at radius 1 is 0.607 bits per heavy atom. The molecule has 4 aliphatic rings. The lowest BCUT2D eigenvalue weighted by molar-refractivity contribution is -0.139. The number of likely N-dealkylation sites (N-methyl/N-ethyl adjacent to an activating group) is 2. The molecule has 450 valence electrons. The fourth-order valence-electron chi connectivity index (χ4n) is 12.2. The van der Waals surface area contributed by atoms with E-state index < -0.39 is 75.5 Å². The zero-order chi connectivity index (χ0) is 60.7. The molecule has 9 rings (SSSR count). The Bertz CT molecular complexity index is 3140. The van der Waals surface area contributed by atoms with Gasteiger partial charge in [-0.15, -0.1) is 0 Å². The number of halogens is 6. The average Bonchev–Trinajstić information content (AvgIpc) is 1.10. The summed E-state index contributed by atoms with van der Waals surface area (Å²) in [5.74, 6) is -2.65. The maximum absolute atomic E-state index is 14.6. The number of benzene rings is 5. The summed E-state index contributed by atoms with van der Waals surface area (Å²) in [6.07, 6.45) is -3.60. The van der Waals surface area contributed by atoms with Crippen molar-refractivity contribution in [3.05, 3.63) is 154 Å². The van der Waals surface area contributed by atoms with Crippen LogP contribution in [0.15, 0.2) is 115 Å². The molecule has 0 spiro atoms. The van der Waals surface area contributed by atoms with Crippen LogP contribution in [-0.4, -0.2) is 102 Å². The Kier molecular flexibility index (Phi) is 19.4. The Hall–Kier alpha value is -7.61. The number of rotatable bonds is 15. The normalized spacial score (nSPS) is 20.0. The van der Waals surface area contributed by atoms with Gasteiger partial charge in [-0.2, -0.15) is 26.3 Å². The Balaban J connectivity index is 0.000000225. The predicted molar refractivity (Wildman–Crippen MR) is 307 cm³/mol. The molecule has 0 unspecified atom stereocenters. The summed E-state index contributed by atoms with van der Waals surface area (Å²) in [6.45, 7) is 10.1. The van der Waals surface area contributed by atoms with Crippen LogP contribution >= 0.6 is 0 Å². The maximum atomic E-state index is 14.6. The number of nitrogens with one attached hydrogen (secondary N) is 1. The number of carbonyl (C=O) groups is 5. The van der Waals surface area contributed by atoms with Crippen molar-refractivity contribution in [2.24, 2.45) is 5.73 Å². The van der Waals surface area contributed by atoms with Gasteiger partial charge in [0.1, 0.15) is 18.1 Å². The first-order chi connectivity index (χ1) is 39.9. The molecule has 14 nitrogen and oxygen atoms in total. The Morgan fingerprint density at radius 3 is 1.39 bits per heavy atom. The highest BCUT2D eigenvalue weighted by molar-refractivity contribution is 6.06. The number of anilines is 2. The van der Waals surface area contributed by atoms with E-state index in [4.69, 9.17) is 19.9 Å². The maximum Gasteiger partial charge on any atom is 0.417 e. The van der Waals surface area contributed by atoms with E-state index in [9.17, 15) is 50.3 Å². The second kappa shape index (κ2) is 26.1. The number of amides is 5. The summed E-state index contributed by atoms with van der Waals surface area (Å²) >= 11 is 0. The second-order valence-corrected chi connectivity index (χ2v) is 22.6. The number of carbonyl (C=O) groups excluding carboxylic acids is 5. The van der Waals surface area contributed by atoms with Crippen LogP contribution in [0.4, 0.5) is 42.5 Å². The smallest absolute Gasteiger partial charge is 0.417 e. The van der Waals surface area contributed by atoms with E-state index in [1.54, 1.807) is 18.7 Å². The molecule has 5 aromatic carbocycles. The SMILES string of the molecule is CCN(C(=O)c1cc2c(cc1C(F)(F)F)OC(C)(C)C(=O)N2CCN)[C@H]1CCCC[C@@H]1c1ccccc1.CCN(C(=O)c1cc2c(cc1C(F)(F)F)OC(C)(C)C(=O)N2CCNC(=O)OCc1ccccc1)[C@H]1CCCC[C@@H]1c1ccccc1. The molecule has 2 aliphatic heterocycles. The molecule has 20 heteroatoms. The molecule has 3 N–H and O–H groups in total. The minimum Gasteiger partial charge on any atom is -0.476 e. The first kappa shape index (κ1) is 62.4. The van der Waals surface area contributed by atoms with Crippen LogP contribution in [0.1, 0.15) is 153 Å². The summed E-state index contributed by atoms with van der Waals surface area (Å²) < 4.78 is 104. The van der Waals surface area contributed by atoms with Crippen LogP contribution < -0.4 is 30.3 Å². The van der Waals surface area contributed by atoms with Crippen LogP contribution in [-0.2, 0) is 33.3 Å². The van der Waals surface area contributed by atoms with E-state index in [0.717, 1.165) is 79.5 Å². The van der Waals surface area contributed by atoms with Gasteiger partial charge < -0.3 is 44.9 Å². The van der Waals surface area contributed by atoms with Crippen molar-refractivity contribution in [1.29, 1.82) is 0 Å². The van der Waals surface area contributed by atoms with Gasteiger partial charge in [-0.05, 0) is 108 Å². The van der Waals surface area contributed by atoms with Crippen molar-refractivity contribution in [3.8, 4) is 11.5 Å². The average molecular weight is 1170 g/mol. The first-order valence-corrected chi connectivity index (χ1v) is 28.8. The zero-order valence-electron chi connectivity index (χ0n) is 48.3. The molecule has 2 saturated carbocycles. The number of alkyl carbamates (subject to hydrolysis) is 1. The summed E-state index contributed by atoms with van der Waals surface area (Å²) in [5, 5.41) is 2.59. The summed E-state index contributed by atoms with van der Waals surface area (Å²) in [4.78, 5) is 72.8. The lowest BCUT2D eigenvalue weighted by atomic mass is 9.79. The zero-order valence-corrected chi connectivity index (χ0v) is 48.3. The molecule has 2 aliphatic carbocycles. The van der Waals surface area contributed by atoms with Gasteiger partial charge in [0.05, 0.1) is 33.6 Å². The lowest BCUT2D eigenvalue weighted by Gasteiger charge is -2.41. The predicted octanol–water partition coefficient (Wildman–Crippen LogP) is 12.7. The van der Waals surface area contributed by atoms with E-state index >= 15 is 0 Å². The third-order valence-corrected chi connectivity index (χ3v) is 16.2. The van der Waals surface area contributed by atoms with Crippen molar-refractivity contribution < 1.29 is 64.5 Å². The first-order valence-electron chi connectivity index (χ1n) is 28.8. The van der Waals surface area contributed by atoms with Gasteiger partial charge >= 0.3 is 18.4 Å². The highest BCUT2D eigenvalue weighted by Crippen LogP contribution is 2.48. The molecule has 0 aromatic heterocycles. The largest absolute Gasteiger partial charge is 0.476 e. The van der Waals surface area contributed by atoms with E-state index in [-0.39, 0.29) is 92.7 Å². The number of hydrogen-bond donors (Lipinski definition) is 2. The fourth-order valence-corrected chi connectivity index (χ4v) is 12.2. The Labute approximate surface area is 486 Å². The summed E-state index contributed by atoms with van der Waals surface area (Å²) in [6, 6.07) is 32.1. The molecule has 2 heterocycles. The summed E-state index contributed by atoms with van der Waals surface area (Å²) in [5.41, 5.74) is 2.71. The van der Waals surface area contributed by atoms with Crippen molar-refractivity contribution in [2.75, 3.05) is 49.1 Å². The van der Waals surface area contributed by atoms with Gasteiger partial charge in [-0.3, -0.25) is 19.2 Å². The third kappa shape index (κ3) is 13.8. The molecule has 5 amide bonds. The quantitative estimate of drug-likeness (QED) is 0.0971. The third-order valence-electron chi connectivity index (χ3n) is 16.2. The van der Waals surface area contributed by atoms with Crippen molar-refractivity contribution >= 4 is 41.1 Å². The molecule has 4 atom stereocenters. The molecule has 2 fully saturated rings. The molecular formula is C64H74F6N6O8. The molecule has 0 saturated heterocycles. The van der Waals surface area contributed by atoms with E-state index in [0.29, 0.717) is 12.8 Å². The highest BCUT2D eigenvalue weighted by atomic mass is 19.4.